The highest BCUT2D eigenvalue weighted by atomic mass is 16.5. The van der Waals surface area contributed by atoms with Crippen LogP contribution in [0.3, 0.4) is 0 Å². The quantitative estimate of drug-likeness (QED) is 0.891. The van der Waals surface area contributed by atoms with Gasteiger partial charge in [-0.05, 0) is 25.6 Å². The number of nitrogens with two attached hydrogens (primary N) is 1. The van der Waals surface area contributed by atoms with Crippen LogP contribution in [-0.2, 0) is 0 Å². The van der Waals surface area contributed by atoms with Crippen LogP contribution >= 0.6 is 0 Å². The van der Waals surface area contributed by atoms with Gasteiger partial charge in [-0.1, -0.05) is 0 Å². The molecule has 2 atom stereocenters. The van der Waals surface area contributed by atoms with Crippen molar-refractivity contribution in [1.29, 1.82) is 0 Å². The van der Waals surface area contributed by atoms with Crippen molar-refractivity contribution in [2.75, 3.05) is 37.9 Å². The third-order valence-electron chi connectivity index (χ3n) is 4.85. The van der Waals surface area contributed by atoms with Crippen LogP contribution in [0.4, 0.5) is 11.5 Å². The van der Waals surface area contributed by atoms with E-state index in [-0.39, 0.29) is 0 Å². The minimum absolute atomic E-state index is 0.517. The molecule has 2 saturated heterocycles. The molecule has 1 aromatic carbocycles. The van der Waals surface area contributed by atoms with Gasteiger partial charge in [0, 0.05) is 25.2 Å². The van der Waals surface area contributed by atoms with Gasteiger partial charge in [0.05, 0.1) is 23.7 Å². The van der Waals surface area contributed by atoms with Gasteiger partial charge in [0.1, 0.15) is 17.9 Å². The number of benzene rings is 1. The lowest BCUT2D eigenvalue weighted by Crippen LogP contribution is -2.61. The van der Waals surface area contributed by atoms with Gasteiger partial charge >= 0.3 is 0 Å². The molecule has 2 unspecified atom stereocenters. The Bertz CT molecular complexity index is 704. The summed E-state index contributed by atoms with van der Waals surface area (Å²) in [6, 6.07) is 5.08. The first kappa shape index (κ1) is 12.6. The van der Waals surface area contributed by atoms with E-state index in [0.717, 1.165) is 35.4 Å². The van der Waals surface area contributed by atoms with Crippen LogP contribution in [0.15, 0.2) is 18.5 Å². The van der Waals surface area contributed by atoms with E-state index in [4.69, 9.17) is 10.5 Å². The van der Waals surface area contributed by atoms with Gasteiger partial charge < -0.3 is 15.4 Å². The molecule has 0 spiro atoms. The van der Waals surface area contributed by atoms with Crippen molar-refractivity contribution < 1.29 is 4.74 Å². The maximum absolute atomic E-state index is 6.12. The number of hydrogen-bond acceptors (Lipinski definition) is 6. The Hall–Kier alpha value is -2.08. The second-order valence-corrected chi connectivity index (χ2v) is 5.83. The minimum atomic E-state index is 0.517. The molecule has 0 saturated carbocycles. The number of aromatic nitrogens is 2. The highest BCUT2D eigenvalue weighted by Crippen LogP contribution is 2.44. The Kier molecular flexibility index (Phi) is 2.68. The molecule has 21 heavy (non-hydrogen) atoms. The van der Waals surface area contributed by atoms with E-state index in [1.165, 1.54) is 12.7 Å². The first-order valence-corrected chi connectivity index (χ1v) is 7.24. The van der Waals surface area contributed by atoms with Crippen LogP contribution in [0, 0.1) is 0 Å². The molecule has 3 heterocycles. The van der Waals surface area contributed by atoms with E-state index in [1.54, 1.807) is 7.11 Å². The molecule has 110 valence electrons. The van der Waals surface area contributed by atoms with E-state index in [2.05, 4.69) is 26.8 Å². The predicted molar refractivity (Wildman–Crippen MR) is 82.7 cm³/mol. The van der Waals surface area contributed by atoms with Gasteiger partial charge in [-0.3, -0.25) is 4.90 Å². The molecule has 0 radical (unpaired) electrons. The average molecular weight is 285 g/mol. The van der Waals surface area contributed by atoms with Crippen LogP contribution in [0.5, 0.6) is 5.75 Å². The second kappa shape index (κ2) is 4.46. The fourth-order valence-electron chi connectivity index (χ4n) is 3.66. The molecule has 2 aliphatic rings. The predicted octanol–water partition coefficient (Wildman–Crippen LogP) is 1.11. The summed E-state index contributed by atoms with van der Waals surface area (Å²) in [4.78, 5) is 13.3. The number of ether oxygens (including phenoxy) is 1. The first-order valence-electron chi connectivity index (χ1n) is 7.24. The number of anilines is 2. The first-order chi connectivity index (χ1) is 10.2. The minimum Gasteiger partial charge on any atom is -0.495 e. The standard InChI is InChI=1S/C15H19N5O/c1-19-6-5-10-11(19)7-20(10)14-12(21-2)4-3-9-13(14)15(16)18-8-17-9/h3-4,8,10-11H,5-7H2,1-2H3,(H2,16,17,18). The molecule has 2 N–H and O–H groups in total. The molecule has 6 nitrogen and oxygen atoms in total. The van der Waals surface area contributed by atoms with E-state index in [1.807, 2.05) is 12.1 Å². The molecular formula is C15H19N5O. The summed E-state index contributed by atoms with van der Waals surface area (Å²) in [5.74, 6) is 1.36. The van der Waals surface area contributed by atoms with Crippen molar-refractivity contribution >= 4 is 22.4 Å². The number of likely N-dealkylation sites (tertiary alicyclic amines) is 1. The molecule has 2 fully saturated rings. The summed E-state index contributed by atoms with van der Waals surface area (Å²) in [5, 5.41) is 0.907. The van der Waals surface area contributed by atoms with Crippen LogP contribution in [-0.4, -0.2) is 54.2 Å². The van der Waals surface area contributed by atoms with Gasteiger partial charge in [-0.2, -0.15) is 0 Å². The Morgan fingerprint density at radius 3 is 2.90 bits per heavy atom. The topological polar surface area (TPSA) is 67.5 Å². The summed E-state index contributed by atoms with van der Waals surface area (Å²) >= 11 is 0. The van der Waals surface area contributed by atoms with Gasteiger partial charge in [-0.15, -0.1) is 0 Å². The third kappa shape index (κ3) is 1.68. The molecule has 0 bridgehead atoms. The number of nitrogens with zero attached hydrogens (tertiary/aromatic N) is 4. The van der Waals surface area contributed by atoms with Gasteiger partial charge in [-0.25, -0.2) is 9.97 Å². The van der Waals surface area contributed by atoms with Gasteiger partial charge in [0.25, 0.3) is 0 Å². The van der Waals surface area contributed by atoms with Crippen LogP contribution < -0.4 is 15.4 Å². The Labute approximate surface area is 123 Å². The molecule has 0 amide bonds. The third-order valence-corrected chi connectivity index (χ3v) is 4.85. The van der Waals surface area contributed by atoms with Crippen molar-refractivity contribution in [2.45, 2.75) is 18.5 Å². The number of fused-ring (bicyclic) bond motifs is 2. The number of rotatable bonds is 2. The number of hydrogen-bond donors (Lipinski definition) is 1. The molecule has 2 aliphatic heterocycles. The summed E-state index contributed by atoms with van der Waals surface area (Å²) < 4.78 is 5.57. The monoisotopic (exact) mass is 285 g/mol. The lowest BCUT2D eigenvalue weighted by molar-refractivity contribution is 0.241. The summed E-state index contributed by atoms with van der Waals surface area (Å²) in [6.07, 6.45) is 2.69. The van der Waals surface area contributed by atoms with Gasteiger partial charge in [0.15, 0.2) is 0 Å². The summed E-state index contributed by atoms with van der Waals surface area (Å²) in [6.45, 7) is 2.15. The van der Waals surface area contributed by atoms with E-state index in [0.29, 0.717) is 17.9 Å². The Morgan fingerprint density at radius 1 is 1.29 bits per heavy atom. The smallest absolute Gasteiger partial charge is 0.143 e. The zero-order chi connectivity index (χ0) is 14.6. The summed E-state index contributed by atoms with van der Waals surface area (Å²) in [7, 11) is 3.89. The highest BCUT2D eigenvalue weighted by molar-refractivity contribution is 6.02. The van der Waals surface area contributed by atoms with Crippen molar-refractivity contribution in [3.63, 3.8) is 0 Å². The SMILES string of the molecule is COc1ccc2ncnc(N)c2c1N1CC2C1CCN2C. The van der Waals surface area contributed by atoms with Crippen molar-refractivity contribution in [3.05, 3.63) is 18.5 Å². The second-order valence-electron chi connectivity index (χ2n) is 5.83. The Morgan fingerprint density at radius 2 is 2.14 bits per heavy atom. The average Bonchev–Trinajstić information content (AvgIpc) is 2.74. The zero-order valence-corrected chi connectivity index (χ0v) is 12.3. The largest absolute Gasteiger partial charge is 0.495 e. The van der Waals surface area contributed by atoms with Gasteiger partial charge in [0.2, 0.25) is 0 Å². The number of likely N-dealkylation sites (N-methyl/N-ethyl adjacent to an activating group) is 1. The van der Waals surface area contributed by atoms with Crippen LogP contribution in [0.25, 0.3) is 10.9 Å². The maximum atomic E-state index is 6.12. The molecule has 4 rings (SSSR count). The normalized spacial score (nSPS) is 25.0. The zero-order valence-electron chi connectivity index (χ0n) is 12.3. The maximum Gasteiger partial charge on any atom is 0.143 e. The van der Waals surface area contributed by atoms with Crippen molar-refractivity contribution in [1.82, 2.24) is 14.9 Å². The van der Waals surface area contributed by atoms with E-state index >= 15 is 0 Å². The van der Waals surface area contributed by atoms with E-state index in [9.17, 15) is 0 Å². The van der Waals surface area contributed by atoms with Crippen molar-refractivity contribution in [2.24, 2.45) is 0 Å². The fraction of sp³-hybridized carbons (Fsp3) is 0.467. The fourth-order valence-corrected chi connectivity index (χ4v) is 3.66. The lowest BCUT2D eigenvalue weighted by Gasteiger charge is -2.48. The molecule has 0 aliphatic carbocycles. The Balaban J connectivity index is 1.87. The van der Waals surface area contributed by atoms with Crippen LogP contribution in [0.2, 0.25) is 0 Å². The lowest BCUT2D eigenvalue weighted by atomic mass is 9.94. The molecule has 6 heteroatoms. The number of methoxy groups -OCH3 is 1. The van der Waals surface area contributed by atoms with Crippen LogP contribution in [0.1, 0.15) is 6.42 Å². The summed E-state index contributed by atoms with van der Waals surface area (Å²) in [5.41, 5.74) is 8.03. The van der Waals surface area contributed by atoms with Crippen molar-refractivity contribution in [3.8, 4) is 5.75 Å². The van der Waals surface area contributed by atoms with E-state index < -0.39 is 0 Å². The molecular weight excluding hydrogens is 266 g/mol. The molecule has 1 aromatic heterocycles. The highest BCUT2D eigenvalue weighted by Gasteiger charge is 2.46. The molecule has 2 aromatic rings. The number of nitrogen functional groups attached to an aromatic ring is 1.